The van der Waals surface area contributed by atoms with Crippen molar-refractivity contribution in [3.63, 3.8) is 0 Å². The van der Waals surface area contributed by atoms with Gasteiger partial charge in [-0.15, -0.1) is 0 Å². The second kappa shape index (κ2) is 5.27. The van der Waals surface area contributed by atoms with Crippen molar-refractivity contribution in [1.29, 1.82) is 0 Å². The second-order valence-electron chi connectivity index (χ2n) is 8.56. The number of esters is 1. The number of ether oxygens (including phenoxy) is 1. The average molecular weight is 346 g/mol. The summed E-state index contributed by atoms with van der Waals surface area (Å²) in [5.41, 5.74) is -0.408. The minimum absolute atomic E-state index is 0.00110. The second-order valence-corrected chi connectivity index (χ2v) is 8.56. The van der Waals surface area contributed by atoms with Crippen molar-refractivity contribution in [2.24, 2.45) is 34.5 Å². The van der Waals surface area contributed by atoms with E-state index in [9.17, 15) is 19.8 Å². The Labute approximate surface area is 147 Å². The van der Waals surface area contributed by atoms with Crippen molar-refractivity contribution in [3.8, 4) is 0 Å². The molecule has 2 bridgehead atoms. The van der Waals surface area contributed by atoms with Crippen LogP contribution in [0.4, 0.5) is 0 Å². The molecule has 4 rings (SSSR count). The smallest absolute Gasteiger partial charge is 0.315 e. The number of rotatable bonds is 2. The summed E-state index contributed by atoms with van der Waals surface area (Å²) >= 11 is 0. The number of hydrogen-bond donors (Lipinski definition) is 2. The van der Waals surface area contributed by atoms with Crippen LogP contribution in [0.2, 0.25) is 0 Å². The first-order valence-corrected chi connectivity index (χ1v) is 9.21. The van der Waals surface area contributed by atoms with Gasteiger partial charge in [0.25, 0.3) is 0 Å². The normalized spacial score (nSPS) is 45.8. The maximum absolute atomic E-state index is 13.2. The average Bonchev–Trinajstić information content (AvgIpc) is 2.98. The largest absolute Gasteiger partial charge is 0.464 e. The maximum Gasteiger partial charge on any atom is 0.315 e. The lowest BCUT2D eigenvalue weighted by atomic mass is 9.51. The van der Waals surface area contributed by atoms with Gasteiger partial charge >= 0.3 is 5.97 Å². The molecule has 0 aromatic rings. The number of carbonyl (C=O) groups is 2. The van der Waals surface area contributed by atoms with E-state index in [0.717, 1.165) is 12.0 Å². The van der Waals surface area contributed by atoms with E-state index in [-0.39, 0.29) is 42.7 Å². The lowest BCUT2D eigenvalue weighted by molar-refractivity contribution is -0.206. The van der Waals surface area contributed by atoms with Crippen LogP contribution in [0.15, 0.2) is 23.8 Å². The van der Waals surface area contributed by atoms with Crippen molar-refractivity contribution in [1.82, 2.24) is 0 Å². The number of cyclic esters (lactones) is 1. The highest BCUT2D eigenvalue weighted by atomic mass is 16.5. The van der Waals surface area contributed by atoms with Crippen molar-refractivity contribution in [2.45, 2.75) is 39.2 Å². The zero-order valence-corrected chi connectivity index (χ0v) is 14.8. The third-order valence-corrected chi connectivity index (χ3v) is 7.45. The summed E-state index contributed by atoms with van der Waals surface area (Å²) < 4.78 is 5.55. The number of aliphatic hydroxyl groups excluding tert-OH is 2. The van der Waals surface area contributed by atoms with Crippen LogP contribution < -0.4 is 0 Å². The van der Waals surface area contributed by atoms with Crippen molar-refractivity contribution >= 4 is 11.8 Å². The summed E-state index contributed by atoms with van der Waals surface area (Å²) in [7, 11) is 0. The van der Waals surface area contributed by atoms with E-state index >= 15 is 0 Å². The Balaban J connectivity index is 1.86. The van der Waals surface area contributed by atoms with Gasteiger partial charge in [-0.05, 0) is 48.7 Å². The minimum atomic E-state index is -1.08. The monoisotopic (exact) mass is 346 g/mol. The van der Waals surface area contributed by atoms with Crippen molar-refractivity contribution in [2.75, 3.05) is 13.2 Å². The number of ketones is 1. The van der Waals surface area contributed by atoms with Crippen molar-refractivity contribution < 1.29 is 24.5 Å². The number of carbonyl (C=O) groups excluding carboxylic acids is 2. The number of aliphatic hydroxyl groups is 2. The van der Waals surface area contributed by atoms with E-state index in [1.807, 2.05) is 13.8 Å². The zero-order valence-electron chi connectivity index (χ0n) is 14.8. The number of fused-ring (bicyclic) bond motifs is 2. The van der Waals surface area contributed by atoms with Gasteiger partial charge < -0.3 is 14.9 Å². The highest BCUT2D eigenvalue weighted by Gasteiger charge is 2.72. The molecule has 5 nitrogen and oxygen atoms in total. The molecule has 1 heterocycles. The van der Waals surface area contributed by atoms with Gasteiger partial charge in [-0.2, -0.15) is 0 Å². The quantitative estimate of drug-likeness (QED) is 0.587. The van der Waals surface area contributed by atoms with Gasteiger partial charge in [0.05, 0.1) is 18.1 Å². The van der Waals surface area contributed by atoms with Crippen LogP contribution in [0, 0.1) is 34.5 Å². The molecule has 2 N–H and O–H groups in total. The van der Waals surface area contributed by atoms with Crippen LogP contribution in [-0.4, -0.2) is 41.3 Å². The summed E-state index contributed by atoms with van der Waals surface area (Å²) in [6.07, 6.45) is 2.68. The van der Waals surface area contributed by atoms with E-state index in [1.54, 1.807) is 6.08 Å². The van der Waals surface area contributed by atoms with E-state index in [4.69, 9.17) is 4.74 Å². The van der Waals surface area contributed by atoms with Gasteiger partial charge in [-0.25, -0.2) is 0 Å². The minimum Gasteiger partial charge on any atom is -0.464 e. The molecule has 0 unspecified atom stereocenters. The summed E-state index contributed by atoms with van der Waals surface area (Å²) in [4.78, 5) is 26.0. The molecule has 0 aromatic heterocycles. The summed E-state index contributed by atoms with van der Waals surface area (Å²) in [5, 5.41) is 21.0. The standard InChI is InChI=1S/C20H26O5/c1-10(2)13-6-16(22)20(14(13)8-21)9-25-18(24)19-7-12(4-5-15(19)20)11(3)17(19)23/h6,10,12,14-15,17,21,23H,3-5,7-9H2,1-2H3/t12-,14+,15-,17-,19+,20-/m1/s1. The molecular formula is C20H26O5. The van der Waals surface area contributed by atoms with Crippen LogP contribution in [-0.2, 0) is 14.3 Å². The van der Waals surface area contributed by atoms with Gasteiger partial charge in [-0.1, -0.05) is 26.0 Å². The van der Waals surface area contributed by atoms with Crippen LogP contribution in [0.1, 0.15) is 33.1 Å². The third kappa shape index (κ3) is 1.81. The predicted octanol–water partition coefficient (Wildman–Crippen LogP) is 1.64. The Morgan fingerprint density at radius 2 is 2.04 bits per heavy atom. The summed E-state index contributed by atoms with van der Waals surface area (Å²) in [5.74, 6) is -0.891. The molecule has 0 aromatic carbocycles. The molecular weight excluding hydrogens is 320 g/mol. The fourth-order valence-corrected chi connectivity index (χ4v) is 6.20. The van der Waals surface area contributed by atoms with E-state index < -0.39 is 22.9 Å². The lowest BCUT2D eigenvalue weighted by Crippen LogP contribution is -2.63. The molecule has 3 aliphatic carbocycles. The van der Waals surface area contributed by atoms with Crippen molar-refractivity contribution in [3.05, 3.63) is 23.8 Å². The first-order chi connectivity index (χ1) is 11.8. The molecule has 5 heteroatoms. The van der Waals surface area contributed by atoms with E-state index in [0.29, 0.717) is 18.4 Å². The van der Waals surface area contributed by atoms with Crippen LogP contribution >= 0.6 is 0 Å². The Morgan fingerprint density at radius 3 is 2.68 bits per heavy atom. The van der Waals surface area contributed by atoms with E-state index in [2.05, 4.69) is 6.58 Å². The van der Waals surface area contributed by atoms with Crippen LogP contribution in [0.25, 0.3) is 0 Å². The van der Waals surface area contributed by atoms with Gasteiger partial charge in [0, 0.05) is 5.92 Å². The first kappa shape index (κ1) is 17.0. The lowest BCUT2D eigenvalue weighted by Gasteiger charge is -2.54. The van der Waals surface area contributed by atoms with Gasteiger partial charge in [0.15, 0.2) is 5.78 Å². The molecule has 2 saturated carbocycles. The Morgan fingerprint density at radius 1 is 1.32 bits per heavy atom. The highest BCUT2D eigenvalue weighted by molar-refractivity contribution is 6.01. The Hall–Kier alpha value is -1.46. The molecule has 1 saturated heterocycles. The molecule has 1 aliphatic heterocycles. The Kier molecular flexibility index (Phi) is 3.58. The molecule has 2 spiro atoms. The number of allylic oxidation sites excluding steroid dienone is 1. The van der Waals surface area contributed by atoms with Gasteiger partial charge in [0.1, 0.15) is 12.0 Å². The number of hydrogen-bond acceptors (Lipinski definition) is 5. The predicted molar refractivity (Wildman–Crippen MR) is 90.3 cm³/mol. The molecule has 3 fully saturated rings. The third-order valence-electron chi connectivity index (χ3n) is 7.45. The van der Waals surface area contributed by atoms with E-state index in [1.165, 1.54) is 0 Å². The summed E-state index contributed by atoms with van der Waals surface area (Å²) in [6, 6.07) is 0. The molecule has 0 radical (unpaired) electrons. The fraction of sp³-hybridized carbons (Fsp3) is 0.700. The highest BCUT2D eigenvalue weighted by Crippen LogP contribution is 2.67. The molecule has 0 amide bonds. The maximum atomic E-state index is 13.2. The first-order valence-electron chi connectivity index (χ1n) is 9.21. The van der Waals surface area contributed by atoms with Gasteiger partial charge in [-0.3, -0.25) is 9.59 Å². The fourth-order valence-electron chi connectivity index (χ4n) is 6.20. The Bertz CT molecular complexity index is 692. The molecule has 6 atom stereocenters. The SMILES string of the molecule is C=C1[C@@H]2CC[C@@H]3[C@](C2)(C(=O)OC[C@]32C(=O)C=C(C(C)C)[C@@H]2CO)[C@@H]1O. The summed E-state index contributed by atoms with van der Waals surface area (Å²) in [6.45, 7) is 7.87. The molecule has 25 heavy (non-hydrogen) atoms. The van der Waals surface area contributed by atoms with Gasteiger partial charge in [0.2, 0.25) is 0 Å². The van der Waals surface area contributed by atoms with Crippen LogP contribution in [0.5, 0.6) is 0 Å². The topological polar surface area (TPSA) is 83.8 Å². The van der Waals surface area contributed by atoms with Crippen LogP contribution in [0.3, 0.4) is 0 Å². The molecule has 4 aliphatic rings. The zero-order chi connectivity index (χ0) is 18.1. The molecule has 136 valence electrons.